The highest BCUT2D eigenvalue weighted by atomic mass is 35.5. The first kappa shape index (κ1) is 42.3. The molecule has 0 aliphatic carbocycles. The van der Waals surface area contributed by atoms with Gasteiger partial charge in [0.25, 0.3) is 5.56 Å². The Bertz CT molecular complexity index is 2730. The van der Waals surface area contributed by atoms with Crippen molar-refractivity contribution >= 4 is 67.3 Å². The summed E-state index contributed by atoms with van der Waals surface area (Å²) in [7, 11) is -1.95. The van der Waals surface area contributed by atoms with Gasteiger partial charge in [0.15, 0.2) is 5.82 Å². The van der Waals surface area contributed by atoms with E-state index in [0.717, 1.165) is 48.9 Å². The van der Waals surface area contributed by atoms with Crippen molar-refractivity contribution in [3.63, 3.8) is 0 Å². The van der Waals surface area contributed by atoms with Crippen LogP contribution in [0.3, 0.4) is 0 Å². The number of nitrogens with zero attached hydrogens (tertiary/aromatic N) is 9. The summed E-state index contributed by atoms with van der Waals surface area (Å²) in [6.07, 6.45) is 5.48. The molecular formula is C43H50ClN11O5S. The summed E-state index contributed by atoms with van der Waals surface area (Å²) in [5, 5.41) is 22.0. The molecule has 5 aromatic rings. The van der Waals surface area contributed by atoms with Gasteiger partial charge in [-0.25, -0.2) is 18.2 Å². The molecule has 3 amide bonds. The molecule has 1 atom stereocenters. The van der Waals surface area contributed by atoms with Crippen LogP contribution < -0.4 is 21.1 Å². The van der Waals surface area contributed by atoms with Gasteiger partial charge in [0.1, 0.15) is 10.7 Å². The molecule has 0 spiro atoms. The molecule has 2 N–H and O–H groups in total. The molecule has 3 saturated heterocycles. The van der Waals surface area contributed by atoms with Gasteiger partial charge in [-0.3, -0.25) is 29.1 Å². The zero-order chi connectivity index (χ0) is 43.2. The van der Waals surface area contributed by atoms with Crippen molar-refractivity contribution < 1.29 is 18.0 Å². The first-order chi connectivity index (χ1) is 29.2. The third-order valence-electron chi connectivity index (χ3n) is 12.2. The van der Waals surface area contributed by atoms with E-state index < -0.39 is 16.1 Å². The van der Waals surface area contributed by atoms with E-state index in [1.54, 1.807) is 33.6 Å². The van der Waals surface area contributed by atoms with Crippen molar-refractivity contribution in [1.82, 2.24) is 38.8 Å². The molecule has 2 aromatic carbocycles. The second kappa shape index (κ2) is 17.2. The Morgan fingerprint density at radius 2 is 1.74 bits per heavy atom. The van der Waals surface area contributed by atoms with Crippen molar-refractivity contribution in [1.29, 1.82) is 5.26 Å². The van der Waals surface area contributed by atoms with Crippen LogP contribution in [-0.4, -0.2) is 99.2 Å². The number of aromatic nitrogens is 5. The lowest BCUT2D eigenvalue weighted by Gasteiger charge is -2.34. The molecule has 3 fully saturated rings. The Kier molecular flexibility index (Phi) is 11.9. The first-order valence-electron chi connectivity index (χ1n) is 20.9. The number of fused-ring (bicyclic) bond motifs is 2. The monoisotopic (exact) mass is 867 g/mol. The number of nitriles is 1. The summed E-state index contributed by atoms with van der Waals surface area (Å²) in [6.45, 7) is 9.48. The average Bonchev–Trinajstić information content (AvgIpc) is 3.56. The molecule has 8 rings (SSSR count). The molecule has 0 saturated carbocycles. The third-order valence-corrected chi connectivity index (χ3v) is 14.4. The summed E-state index contributed by atoms with van der Waals surface area (Å²) in [6, 6.07) is 14.3. The summed E-state index contributed by atoms with van der Waals surface area (Å²) in [4.78, 5) is 50.2. The number of nitrogens with one attached hydrogen (secondary N) is 2. The van der Waals surface area contributed by atoms with Gasteiger partial charge >= 0.3 is 6.03 Å². The highest BCUT2D eigenvalue weighted by Gasteiger charge is 2.32. The van der Waals surface area contributed by atoms with Gasteiger partial charge < -0.3 is 10.2 Å². The van der Waals surface area contributed by atoms with Crippen LogP contribution >= 0.6 is 11.6 Å². The van der Waals surface area contributed by atoms with Crippen LogP contribution in [0.1, 0.15) is 81.5 Å². The van der Waals surface area contributed by atoms with Crippen LogP contribution in [0.5, 0.6) is 0 Å². The Morgan fingerprint density at radius 1 is 0.984 bits per heavy atom. The lowest BCUT2D eigenvalue weighted by Crippen LogP contribution is -2.49. The quantitative estimate of drug-likeness (QED) is 0.169. The van der Waals surface area contributed by atoms with Crippen molar-refractivity contribution in [2.24, 2.45) is 13.0 Å². The van der Waals surface area contributed by atoms with Crippen molar-refractivity contribution in [3.05, 3.63) is 80.7 Å². The molecule has 320 valence electrons. The van der Waals surface area contributed by atoms with E-state index in [1.165, 1.54) is 20.8 Å². The average molecular weight is 868 g/mol. The number of aryl methyl sites for hydroxylation is 1. The number of hydrogen-bond donors (Lipinski definition) is 2. The number of urea groups is 1. The number of piperidine rings is 2. The molecule has 1 unspecified atom stereocenters. The predicted octanol–water partition coefficient (Wildman–Crippen LogP) is 5.55. The second-order valence-electron chi connectivity index (χ2n) is 16.9. The molecule has 18 heteroatoms. The number of rotatable bonds is 11. The number of amides is 3. The van der Waals surface area contributed by atoms with E-state index in [1.807, 2.05) is 27.0 Å². The van der Waals surface area contributed by atoms with E-state index in [9.17, 15) is 28.1 Å². The van der Waals surface area contributed by atoms with Crippen LogP contribution in [-0.2, 0) is 28.3 Å². The minimum absolute atomic E-state index is 0.0685. The Hall–Kier alpha value is -5.41. The number of imide groups is 1. The van der Waals surface area contributed by atoms with E-state index in [4.69, 9.17) is 11.6 Å². The fourth-order valence-electron chi connectivity index (χ4n) is 9.02. The summed E-state index contributed by atoms with van der Waals surface area (Å²) < 4.78 is 32.8. The third kappa shape index (κ3) is 8.59. The Morgan fingerprint density at radius 3 is 2.44 bits per heavy atom. The fourth-order valence-corrected chi connectivity index (χ4v) is 10.7. The van der Waals surface area contributed by atoms with Crippen molar-refractivity contribution in [2.45, 2.75) is 82.2 Å². The zero-order valence-corrected chi connectivity index (χ0v) is 36.3. The number of benzene rings is 2. The van der Waals surface area contributed by atoms with Crippen LogP contribution in [0.4, 0.5) is 16.6 Å². The first-order valence-corrected chi connectivity index (χ1v) is 22.7. The molecule has 3 aliphatic rings. The number of carbonyl (C=O) groups excluding carboxylic acids is 2. The lowest BCUT2D eigenvalue weighted by molar-refractivity contribution is -0.120. The van der Waals surface area contributed by atoms with Crippen LogP contribution in [0.25, 0.3) is 21.9 Å². The molecule has 61 heavy (non-hydrogen) atoms. The van der Waals surface area contributed by atoms with Crippen molar-refractivity contribution in [2.75, 3.05) is 49.5 Å². The maximum Gasteiger partial charge on any atom is 0.329 e. The van der Waals surface area contributed by atoms with E-state index in [0.29, 0.717) is 73.2 Å². The molecule has 0 radical (unpaired) electrons. The number of anilines is 2. The molecule has 0 bridgehead atoms. The normalized spacial score (nSPS) is 18.2. The largest absolute Gasteiger partial charge is 0.351 e. The summed E-state index contributed by atoms with van der Waals surface area (Å²) in [5.41, 5.74) is 3.55. The molecular weight excluding hydrogens is 818 g/mol. The summed E-state index contributed by atoms with van der Waals surface area (Å²) in [5.74, 6) is 1.19. The Labute approximate surface area is 359 Å². The molecule has 3 aliphatic heterocycles. The minimum Gasteiger partial charge on any atom is -0.351 e. The number of halogens is 1. The SMILES string of the molecule is CC(Cc1cc(S(=O)(=O)N2CCC(Nc3ncc4cc(Cl)c(=O)n(C(C)C)c4n3)CC2)ccc1C#N)CN1CCC(c2ccc3c(N4CCC(=O)NC4=O)nn(C)c3c2)CC1. The van der Waals surface area contributed by atoms with Gasteiger partial charge in [0, 0.05) is 68.7 Å². The van der Waals surface area contributed by atoms with E-state index >= 15 is 0 Å². The minimum atomic E-state index is -3.81. The Balaban J connectivity index is 0.862. The lowest BCUT2D eigenvalue weighted by atomic mass is 9.88. The highest BCUT2D eigenvalue weighted by Crippen LogP contribution is 2.34. The highest BCUT2D eigenvalue weighted by molar-refractivity contribution is 7.89. The zero-order valence-electron chi connectivity index (χ0n) is 34.8. The van der Waals surface area contributed by atoms with Gasteiger partial charge in [-0.15, -0.1) is 0 Å². The van der Waals surface area contributed by atoms with Gasteiger partial charge in [-0.1, -0.05) is 24.6 Å². The van der Waals surface area contributed by atoms with Gasteiger partial charge in [0.05, 0.1) is 22.0 Å². The van der Waals surface area contributed by atoms with Crippen LogP contribution in [0.15, 0.2) is 58.4 Å². The second-order valence-corrected chi connectivity index (χ2v) is 19.2. The number of carbonyl (C=O) groups is 2. The van der Waals surface area contributed by atoms with E-state index in [-0.39, 0.29) is 45.8 Å². The van der Waals surface area contributed by atoms with E-state index in [2.05, 4.69) is 55.7 Å². The number of hydrogen-bond acceptors (Lipinski definition) is 11. The van der Waals surface area contributed by atoms with Gasteiger partial charge in [-0.2, -0.15) is 19.6 Å². The van der Waals surface area contributed by atoms with Crippen molar-refractivity contribution in [3.8, 4) is 6.07 Å². The molecule has 3 aromatic heterocycles. The maximum absolute atomic E-state index is 14.0. The standard InChI is InChI=1S/C43H50ClN11O5S/c1-26(2)55-39-32(21-36(44)41(55)57)24-46-42(49-39)47-33-11-16-53(17-12-33)61(59,60)34-7-5-30(23-45)31(20-34)19-27(3)25-52-14-9-28(10-15-52)29-6-8-35-37(22-29)51(4)50-40(35)54-18-13-38(56)48-43(54)58/h5-8,20-22,24,26-28,33H,9-19,25H2,1-4H3,(H,46,47,49)(H,48,56,58). The maximum atomic E-state index is 14.0. The van der Waals surface area contributed by atoms with Gasteiger partial charge in [0.2, 0.25) is 21.9 Å². The van der Waals surface area contributed by atoms with Crippen LogP contribution in [0.2, 0.25) is 5.02 Å². The van der Waals surface area contributed by atoms with Crippen LogP contribution in [0, 0.1) is 17.2 Å². The molecule has 16 nitrogen and oxygen atoms in total. The van der Waals surface area contributed by atoms with Gasteiger partial charge in [-0.05, 0) is 118 Å². The smallest absolute Gasteiger partial charge is 0.329 e. The topological polar surface area (TPSA) is 191 Å². The molecule has 6 heterocycles. The number of pyridine rings is 1. The predicted molar refractivity (Wildman–Crippen MR) is 233 cm³/mol. The number of likely N-dealkylation sites (tertiary alicyclic amines) is 1. The number of sulfonamides is 1. The fraction of sp³-hybridized carbons (Fsp3) is 0.465. The summed E-state index contributed by atoms with van der Waals surface area (Å²) >= 11 is 6.18.